The molecule has 98 valence electrons. The van der Waals surface area contributed by atoms with E-state index in [1.54, 1.807) is 0 Å². The lowest BCUT2D eigenvalue weighted by atomic mass is 10.2. The van der Waals surface area contributed by atoms with Gasteiger partial charge in [0.1, 0.15) is 0 Å². The second-order valence-corrected chi connectivity index (χ2v) is 4.82. The van der Waals surface area contributed by atoms with E-state index in [1.807, 2.05) is 18.2 Å². The molecule has 2 N–H and O–H groups in total. The molecule has 2 aliphatic rings. The van der Waals surface area contributed by atoms with Gasteiger partial charge in [0, 0.05) is 38.4 Å². The third kappa shape index (κ3) is 2.64. The molecule has 2 heterocycles. The van der Waals surface area contributed by atoms with Gasteiger partial charge in [0.15, 0.2) is 6.79 Å². The Hall–Kier alpha value is -1.14. The van der Waals surface area contributed by atoms with Crippen molar-refractivity contribution in [2.24, 2.45) is 0 Å². The molecule has 0 spiro atoms. The lowest BCUT2D eigenvalue weighted by Gasteiger charge is -2.41. The fraction of sp³-hybridized carbons (Fsp3) is 0.538. The molecule has 1 aromatic rings. The smallest absolute Gasteiger partial charge is 0.223 e. The van der Waals surface area contributed by atoms with Crippen LogP contribution in [-0.4, -0.2) is 49.2 Å². The van der Waals surface area contributed by atoms with Crippen molar-refractivity contribution in [2.45, 2.75) is 13.0 Å². The van der Waals surface area contributed by atoms with Crippen LogP contribution in [0.15, 0.2) is 24.3 Å². The maximum atomic E-state index is 5.79. The van der Waals surface area contributed by atoms with E-state index >= 15 is 0 Å². The molecule has 0 atom stereocenters. The SMILES string of the molecule is Nc1cccc(CN2CCN(C3OCO3)CC2)c1. The van der Waals surface area contributed by atoms with Gasteiger partial charge in [0.05, 0.1) is 0 Å². The van der Waals surface area contributed by atoms with Crippen LogP contribution in [0.3, 0.4) is 0 Å². The first-order valence-corrected chi connectivity index (χ1v) is 6.35. The van der Waals surface area contributed by atoms with Crippen molar-refractivity contribution in [3.05, 3.63) is 29.8 Å². The van der Waals surface area contributed by atoms with Gasteiger partial charge >= 0.3 is 0 Å². The first-order chi connectivity index (χ1) is 8.81. The molecule has 2 saturated heterocycles. The summed E-state index contributed by atoms with van der Waals surface area (Å²) in [4.78, 5) is 4.67. The second kappa shape index (κ2) is 5.24. The average Bonchev–Trinajstić information content (AvgIpc) is 2.29. The standard InChI is InChI=1S/C13H19N3O2/c14-12-3-1-2-11(8-12)9-15-4-6-16(7-5-15)13-17-10-18-13/h1-3,8,13H,4-7,9-10,14H2. The zero-order chi connectivity index (χ0) is 12.4. The molecule has 0 radical (unpaired) electrons. The summed E-state index contributed by atoms with van der Waals surface area (Å²) in [6.45, 7) is 5.47. The van der Waals surface area contributed by atoms with Crippen LogP contribution in [0, 0.1) is 0 Å². The van der Waals surface area contributed by atoms with Gasteiger partial charge in [-0.3, -0.25) is 9.80 Å². The van der Waals surface area contributed by atoms with Gasteiger partial charge in [0.25, 0.3) is 0 Å². The highest BCUT2D eigenvalue weighted by Crippen LogP contribution is 2.16. The molecular weight excluding hydrogens is 230 g/mol. The van der Waals surface area contributed by atoms with Crippen molar-refractivity contribution in [2.75, 3.05) is 38.7 Å². The predicted octanol–water partition coefficient (Wildman–Crippen LogP) is 0.674. The summed E-state index contributed by atoms with van der Waals surface area (Å²) in [7, 11) is 0. The summed E-state index contributed by atoms with van der Waals surface area (Å²) in [6, 6.07) is 8.11. The highest BCUT2D eigenvalue weighted by molar-refractivity contribution is 5.40. The fourth-order valence-electron chi connectivity index (χ4n) is 2.42. The summed E-state index contributed by atoms with van der Waals surface area (Å²) < 4.78 is 10.6. The van der Waals surface area contributed by atoms with E-state index < -0.39 is 0 Å². The molecule has 5 nitrogen and oxygen atoms in total. The van der Waals surface area contributed by atoms with Crippen molar-refractivity contribution < 1.29 is 9.47 Å². The fourth-order valence-corrected chi connectivity index (χ4v) is 2.42. The number of anilines is 1. The Labute approximate surface area is 107 Å². The minimum absolute atomic E-state index is 0.0977. The summed E-state index contributed by atoms with van der Waals surface area (Å²) in [5.74, 6) is 0. The lowest BCUT2D eigenvalue weighted by molar-refractivity contribution is -0.377. The Kier molecular flexibility index (Phi) is 3.47. The van der Waals surface area contributed by atoms with Crippen LogP contribution in [0.4, 0.5) is 5.69 Å². The quantitative estimate of drug-likeness (QED) is 0.798. The Morgan fingerprint density at radius 3 is 2.56 bits per heavy atom. The molecule has 0 amide bonds. The molecule has 3 rings (SSSR count). The van der Waals surface area contributed by atoms with Crippen LogP contribution in [-0.2, 0) is 16.0 Å². The Morgan fingerprint density at radius 2 is 1.94 bits per heavy atom. The van der Waals surface area contributed by atoms with Crippen LogP contribution in [0.25, 0.3) is 0 Å². The molecule has 0 aromatic heterocycles. The summed E-state index contributed by atoms with van der Waals surface area (Å²) in [6.07, 6.45) is -0.0977. The Morgan fingerprint density at radius 1 is 1.17 bits per heavy atom. The van der Waals surface area contributed by atoms with Crippen molar-refractivity contribution >= 4 is 5.69 Å². The van der Waals surface area contributed by atoms with Crippen molar-refractivity contribution in [3.63, 3.8) is 0 Å². The van der Waals surface area contributed by atoms with E-state index in [0.29, 0.717) is 6.79 Å². The van der Waals surface area contributed by atoms with E-state index in [0.717, 1.165) is 38.4 Å². The topological polar surface area (TPSA) is 51.0 Å². The third-order valence-electron chi connectivity index (χ3n) is 3.48. The normalized spacial score (nSPS) is 22.9. The third-order valence-corrected chi connectivity index (χ3v) is 3.48. The Balaban J connectivity index is 1.50. The van der Waals surface area contributed by atoms with Gasteiger partial charge in [-0.2, -0.15) is 0 Å². The van der Waals surface area contributed by atoms with Crippen molar-refractivity contribution in [3.8, 4) is 0 Å². The number of hydrogen-bond acceptors (Lipinski definition) is 5. The molecule has 2 fully saturated rings. The van der Waals surface area contributed by atoms with Crippen LogP contribution in [0.2, 0.25) is 0 Å². The maximum Gasteiger partial charge on any atom is 0.223 e. The van der Waals surface area contributed by atoms with Crippen LogP contribution < -0.4 is 5.73 Å². The first kappa shape index (κ1) is 11.9. The molecule has 5 heteroatoms. The molecule has 2 aliphatic heterocycles. The number of hydrogen-bond donors (Lipinski definition) is 1. The predicted molar refractivity (Wildman–Crippen MR) is 68.5 cm³/mol. The number of nitrogens with two attached hydrogens (primary N) is 1. The molecule has 1 aromatic carbocycles. The number of piperazine rings is 1. The van der Waals surface area contributed by atoms with E-state index in [1.165, 1.54) is 5.56 Å². The molecule has 0 aliphatic carbocycles. The first-order valence-electron chi connectivity index (χ1n) is 6.35. The molecular formula is C13H19N3O2. The zero-order valence-electron chi connectivity index (χ0n) is 10.4. The van der Waals surface area contributed by atoms with Crippen LogP contribution in [0.5, 0.6) is 0 Å². The molecule has 18 heavy (non-hydrogen) atoms. The highest BCUT2D eigenvalue weighted by atomic mass is 16.9. The van der Waals surface area contributed by atoms with Gasteiger partial charge in [-0.05, 0) is 17.7 Å². The van der Waals surface area contributed by atoms with Crippen LogP contribution >= 0.6 is 0 Å². The van der Waals surface area contributed by atoms with E-state index in [9.17, 15) is 0 Å². The number of nitrogen functional groups attached to an aromatic ring is 1. The van der Waals surface area contributed by atoms with Gasteiger partial charge in [-0.1, -0.05) is 12.1 Å². The molecule has 0 saturated carbocycles. The van der Waals surface area contributed by atoms with E-state index in [2.05, 4.69) is 15.9 Å². The monoisotopic (exact) mass is 249 g/mol. The second-order valence-electron chi connectivity index (χ2n) is 4.82. The minimum atomic E-state index is -0.0977. The summed E-state index contributed by atoms with van der Waals surface area (Å²) in [5, 5.41) is 0. The highest BCUT2D eigenvalue weighted by Gasteiger charge is 2.29. The lowest BCUT2D eigenvalue weighted by Crippen LogP contribution is -2.55. The van der Waals surface area contributed by atoms with E-state index in [-0.39, 0.29) is 6.41 Å². The average molecular weight is 249 g/mol. The van der Waals surface area contributed by atoms with Crippen molar-refractivity contribution in [1.82, 2.24) is 9.80 Å². The molecule has 0 unspecified atom stereocenters. The minimum Gasteiger partial charge on any atom is -0.399 e. The molecule has 0 bridgehead atoms. The van der Waals surface area contributed by atoms with Gasteiger partial charge < -0.3 is 15.2 Å². The summed E-state index contributed by atoms with van der Waals surface area (Å²) >= 11 is 0. The number of rotatable bonds is 3. The van der Waals surface area contributed by atoms with Crippen molar-refractivity contribution in [1.29, 1.82) is 0 Å². The number of benzene rings is 1. The number of nitrogens with zero attached hydrogens (tertiary/aromatic N) is 2. The zero-order valence-corrected chi connectivity index (χ0v) is 10.4. The summed E-state index contributed by atoms with van der Waals surface area (Å²) in [5.41, 5.74) is 7.90. The van der Waals surface area contributed by atoms with E-state index in [4.69, 9.17) is 15.2 Å². The Bertz CT molecular complexity index is 401. The maximum absolute atomic E-state index is 5.79. The van der Waals surface area contributed by atoms with Gasteiger partial charge in [0.2, 0.25) is 6.41 Å². The van der Waals surface area contributed by atoms with Gasteiger partial charge in [-0.25, -0.2) is 0 Å². The largest absolute Gasteiger partial charge is 0.399 e. The van der Waals surface area contributed by atoms with Gasteiger partial charge in [-0.15, -0.1) is 0 Å². The van der Waals surface area contributed by atoms with Crippen LogP contribution in [0.1, 0.15) is 5.56 Å². The number of ether oxygens (including phenoxy) is 2.